The predicted molar refractivity (Wildman–Crippen MR) is 94.8 cm³/mol. The fourth-order valence-corrected chi connectivity index (χ4v) is 3.46. The Balaban J connectivity index is 1.59. The topological polar surface area (TPSA) is 61.9 Å². The molecule has 0 radical (unpaired) electrons. The number of hydrogen-bond donors (Lipinski definition) is 1. The SMILES string of the molecule is C[C@@H](NC(=O)C(C)(C)N1CCOCC1)C(=O)N1Cc2ccccc2C1. The molecule has 6 heteroatoms. The van der Waals surface area contributed by atoms with Crippen molar-refractivity contribution in [1.29, 1.82) is 0 Å². The van der Waals surface area contributed by atoms with Gasteiger partial charge in [-0.2, -0.15) is 0 Å². The van der Waals surface area contributed by atoms with Gasteiger partial charge in [0.1, 0.15) is 6.04 Å². The molecule has 2 aliphatic rings. The van der Waals surface area contributed by atoms with E-state index in [1.807, 2.05) is 38.1 Å². The highest BCUT2D eigenvalue weighted by Gasteiger charge is 2.37. The number of carbonyl (C=O) groups excluding carboxylic acids is 2. The van der Waals surface area contributed by atoms with Crippen molar-refractivity contribution in [1.82, 2.24) is 15.1 Å². The highest BCUT2D eigenvalue weighted by molar-refractivity contribution is 5.91. The fourth-order valence-electron chi connectivity index (χ4n) is 3.46. The van der Waals surface area contributed by atoms with E-state index in [9.17, 15) is 9.59 Å². The van der Waals surface area contributed by atoms with E-state index in [0.717, 1.165) is 13.1 Å². The first-order valence-corrected chi connectivity index (χ1v) is 8.89. The zero-order valence-corrected chi connectivity index (χ0v) is 15.2. The molecule has 2 amide bonds. The van der Waals surface area contributed by atoms with Crippen molar-refractivity contribution in [3.8, 4) is 0 Å². The summed E-state index contributed by atoms with van der Waals surface area (Å²) in [5, 5.41) is 2.91. The molecule has 6 nitrogen and oxygen atoms in total. The van der Waals surface area contributed by atoms with E-state index in [1.54, 1.807) is 11.8 Å². The Hall–Kier alpha value is -1.92. The number of nitrogens with one attached hydrogen (secondary N) is 1. The summed E-state index contributed by atoms with van der Waals surface area (Å²) in [6, 6.07) is 7.54. The van der Waals surface area contributed by atoms with Crippen LogP contribution in [0.4, 0.5) is 0 Å². The zero-order valence-electron chi connectivity index (χ0n) is 15.2. The second-order valence-corrected chi connectivity index (χ2v) is 7.32. The molecule has 1 aromatic rings. The minimum Gasteiger partial charge on any atom is -0.379 e. The van der Waals surface area contributed by atoms with Crippen LogP contribution in [-0.4, -0.2) is 59.5 Å². The Kier molecular flexibility index (Phi) is 5.11. The van der Waals surface area contributed by atoms with E-state index in [-0.39, 0.29) is 11.8 Å². The van der Waals surface area contributed by atoms with E-state index < -0.39 is 11.6 Å². The second kappa shape index (κ2) is 7.14. The molecule has 0 aromatic heterocycles. The number of fused-ring (bicyclic) bond motifs is 1. The first-order chi connectivity index (χ1) is 11.9. The van der Waals surface area contributed by atoms with E-state index in [1.165, 1.54) is 11.1 Å². The Labute approximate surface area is 149 Å². The van der Waals surface area contributed by atoms with E-state index in [0.29, 0.717) is 26.3 Å². The zero-order chi connectivity index (χ0) is 18.0. The van der Waals surface area contributed by atoms with Crippen LogP contribution in [0.5, 0.6) is 0 Å². The average Bonchev–Trinajstić information content (AvgIpc) is 3.05. The van der Waals surface area contributed by atoms with Gasteiger partial charge < -0.3 is 15.0 Å². The van der Waals surface area contributed by atoms with Gasteiger partial charge in [-0.3, -0.25) is 14.5 Å². The van der Waals surface area contributed by atoms with Crippen LogP contribution in [0.1, 0.15) is 31.9 Å². The summed E-state index contributed by atoms with van der Waals surface area (Å²) < 4.78 is 5.36. The molecule has 1 atom stereocenters. The maximum Gasteiger partial charge on any atom is 0.245 e. The Morgan fingerprint density at radius 1 is 1.12 bits per heavy atom. The van der Waals surface area contributed by atoms with Crippen molar-refractivity contribution in [3.05, 3.63) is 35.4 Å². The molecular weight excluding hydrogens is 318 g/mol. The third-order valence-corrected chi connectivity index (χ3v) is 5.23. The van der Waals surface area contributed by atoms with Gasteiger partial charge in [0.2, 0.25) is 11.8 Å². The van der Waals surface area contributed by atoms with Gasteiger partial charge in [0, 0.05) is 26.2 Å². The number of nitrogens with zero attached hydrogens (tertiary/aromatic N) is 2. The monoisotopic (exact) mass is 345 g/mol. The van der Waals surface area contributed by atoms with Crippen molar-refractivity contribution < 1.29 is 14.3 Å². The normalized spacial score (nSPS) is 19.4. The second-order valence-electron chi connectivity index (χ2n) is 7.32. The summed E-state index contributed by atoms with van der Waals surface area (Å²) in [5.41, 5.74) is 1.71. The lowest BCUT2D eigenvalue weighted by Crippen LogP contribution is -2.60. The molecule has 1 fully saturated rings. The summed E-state index contributed by atoms with van der Waals surface area (Å²) in [4.78, 5) is 29.4. The Morgan fingerprint density at radius 3 is 2.24 bits per heavy atom. The van der Waals surface area contributed by atoms with Crippen LogP contribution < -0.4 is 5.32 Å². The molecule has 0 aliphatic carbocycles. The van der Waals surface area contributed by atoms with Gasteiger partial charge in [-0.1, -0.05) is 24.3 Å². The van der Waals surface area contributed by atoms with Crippen LogP contribution in [0.2, 0.25) is 0 Å². The Bertz CT molecular complexity index is 628. The van der Waals surface area contributed by atoms with Crippen LogP contribution in [0.25, 0.3) is 0 Å². The Morgan fingerprint density at radius 2 is 1.68 bits per heavy atom. The number of benzene rings is 1. The minimum absolute atomic E-state index is 0.0395. The number of carbonyl (C=O) groups is 2. The van der Waals surface area contributed by atoms with Crippen molar-refractivity contribution in [3.63, 3.8) is 0 Å². The summed E-state index contributed by atoms with van der Waals surface area (Å²) in [5.74, 6) is -0.158. The van der Waals surface area contributed by atoms with Crippen LogP contribution in [0.3, 0.4) is 0 Å². The molecule has 0 saturated carbocycles. The number of hydrogen-bond acceptors (Lipinski definition) is 4. The molecule has 1 aromatic carbocycles. The molecular formula is C19H27N3O3. The predicted octanol–water partition coefficient (Wildman–Crippen LogP) is 1.14. The third kappa shape index (κ3) is 3.70. The lowest BCUT2D eigenvalue weighted by atomic mass is 10.0. The third-order valence-electron chi connectivity index (χ3n) is 5.23. The smallest absolute Gasteiger partial charge is 0.245 e. The highest BCUT2D eigenvalue weighted by atomic mass is 16.5. The molecule has 2 aliphatic heterocycles. The van der Waals surface area contributed by atoms with Crippen LogP contribution in [0.15, 0.2) is 24.3 Å². The molecule has 3 rings (SSSR count). The number of amides is 2. The van der Waals surface area contributed by atoms with Crippen molar-refractivity contribution in [2.24, 2.45) is 0 Å². The van der Waals surface area contributed by atoms with Crippen LogP contribution in [0, 0.1) is 0 Å². The first-order valence-electron chi connectivity index (χ1n) is 8.89. The van der Waals surface area contributed by atoms with Gasteiger partial charge in [0.05, 0.1) is 18.8 Å². The van der Waals surface area contributed by atoms with Crippen LogP contribution in [-0.2, 0) is 27.4 Å². The lowest BCUT2D eigenvalue weighted by Gasteiger charge is -2.40. The molecule has 1 saturated heterocycles. The fraction of sp³-hybridized carbons (Fsp3) is 0.579. The molecule has 0 unspecified atom stereocenters. The van der Waals surface area contributed by atoms with E-state index in [2.05, 4.69) is 10.2 Å². The summed E-state index contributed by atoms with van der Waals surface area (Å²) in [6.07, 6.45) is 0. The lowest BCUT2D eigenvalue weighted by molar-refractivity contribution is -0.141. The first kappa shape index (κ1) is 17.9. The number of morpholine rings is 1. The number of rotatable bonds is 4. The summed E-state index contributed by atoms with van der Waals surface area (Å²) in [7, 11) is 0. The molecule has 1 N–H and O–H groups in total. The van der Waals surface area contributed by atoms with Gasteiger partial charge in [0.25, 0.3) is 0 Å². The molecule has 0 bridgehead atoms. The molecule has 2 heterocycles. The van der Waals surface area contributed by atoms with Gasteiger partial charge in [0.15, 0.2) is 0 Å². The van der Waals surface area contributed by atoms with Gasteiger partial charge in [-0.15, -0.1) is 0 Å². The van der Waals surface area contributed by atoms with E-state index >= 15 is 0 Å². The number of ether oxygens (including phenoxy) is 1. The summed E-state index contributed by atoms with van der Waals surface area (Å²) in [6.45, 7) is 9.51. The van der Waals surface area contributed by atoms with Gasteiger partial charge in [-0.05, 0) is 31.9 Å². The standard InChI is InChI=1S/C19H27N3O3/c1-14(17(23)21-12-15-6-4-5-7-16(15)13-21)20-18(24)19(2,3)22-8-10-25-11-9-22/h4-7,14H,8-13H2,1-3H3,(H,20,24)/t14-/m1/s1. The molecule has 136 valence electrons. The van der Waals surface area contributed by atoms with Crippen molar-refractivity contribution >= 4 is 11.8 Å². The minimum atomic E-state index is -0.660. The quantitative estimate of drug-likeness (QED) is 0.889. The van der Waals surface area contributed by atoms with Crippen molar-refractivity contribution in [2.45, 2.75) is 45.4 Å². The molecule has 0 spiro atoms. The van der Waals surface area contributed by atoms with Gasteiger partial charge in [-0.25, -0.2) is 0 Å². The highest BCUT2D eigenvalue weighted by Crippen LogP contribution is 2.23. The largest absolute Gasteiger partial charge is 0.379 e. The average molecular weight is 345 g/mol. The van der Waals surface area contributed by atoms with Gasteiger partial charge >= 0.3 is 0 Å². The van der Waals surface area contributed by atoms with Crippen LogP contribution >= 0.6 is 0 Å². The summed E-state index contributed by atoms with van der Waals surface area (Å²) >= 11 is 0. The van der Waals surface area contributed by atoms with Crippen molar-refractivity contribution in [2.75, 3.05) is 26.3 Å². The maximum absolute atomic E-state index is 12.7. The molecule has 25 heavy (non-hydrogen) atoms. The van der Waals surface area contributed by atoms with E-state index in [4.69, 9.17) is 4.74 Å². The maximum atomic E-state index is 12.7.